The first-order chi connectivity index (χ1) is 11.2. The van der Waals surface area contributed by atoms with Crippen LogP contribution in [0.2, 0.25) is 0 Å². The van der Waals surface area contributed by atoms with Crippen LogP contribution in [0.25, 0.3) is 6.08 Å². The number of rotatable bonds is 2. The molecule has 0 saturated heterocycles. The molecule has 0 aromatic carbocycles. The average Bonchev–Trinajstić information content (AvgIpc) is 2.74. The van der Waals surface area contributed by atoms with Crippen LogP contribution in [0.5, 0.6) is 5.75 Å². The van der Waals surface area contributed by atoms with Crippen molar-refractivity contribution in [3.05, 3.63) is 57.5 Å². The van der Waals surface area contributed by atoms with Crippen molar-refractivity contribution in [2.75, 3.05) is 0 Å². The smallest absolute Gasteiger partial charge is 0.139 e. The molecule has 0 spiro atoms. The molecule has 1 aromatic rings. The van der Waals surface area contributed by atoms with Crippen molar-refractivity contribution in [1.29, 1.82) is 5.41 Å². The molecule has 1 atom stereocenters. The number of nitrogens with two attached hydrogens (primary N) is 1. The average molecular weight is 362 g/mol. The van der Waals surface area contributed by atoms with Crippen molar-refractivity contribution >= 4 is 42.8 Å². The van der Waals surface area contributed by atoms with Gasteiger partial charge in [0.05, 0.1) is 22.3 Å². The topological polar surface area (TPSA) is 82.5 Å². The van der Waals surface area contributed by atoms with Gasteiger partial charge < -0.3 is 16.2 Å². The highest BCUT2D eigenvalue weighted by Crippen LogP contribution is 2.36. The first kappa shape index (κ1) is 20.2. The molecule has 0 amide bonds. The summed E-state index contributed by atoms with van der Waals surface area (Å²) < 4.78 is 0. The third kappa shape index (κ3) is 4.35. The Bertz CT molecular complexity index is 740. The standard InChI is InChI=1S/C16H15N3OS.C2H6.H2S/c17-11-6-4-7-12(15(11)18)19-9-14-16(20)10-5-2-1-3-8-13(10)21-14;1-2;/h1-4,6-9,15,17,20H,5,18H2;1-2H3;1H2. The Hall–Kier alpha value is -1.89. The summed E-state index contributed by atoms with van der Waals surface area (Å²) in [5, 5.41) is 18.0. The van der Waals surface area contributed by atoms with Gasteiger partial charge in [-0.15, -0.1) is 11.3 Å². The largest absolute Gasteiger partial charge is 0.506 e. The minimum Gasteiger partial charge on any atom is -0.506 e. The summed E-state index contributed by atoms with van der Waals surface area (Å²) in [6.45, 7) is 4.00. The summed E-state index contributed by atoms with van der Waals surface area (Å²) in [5.41, 5.74) is 7.80. The van der Waals surface area contributed by atoms with Gasteiger partial charge in [0.25, 0.3) is 0 Å². The Labute approximate surface area is 153 Å². The van der Waals surface area contributed by atoms with Crippen molar-refractivity contribution in [1.82, 2.24) is 0 Å². The van der Waals surface area contributed by atoms with Crippen LogP contribution >= 0.6 is 24.8 Å². The Kier molecular flexibility index (Phi) is 7.91. The van der Waals surface area contributed by atoms with E-state index in [1.165, 1.54) is 11.3 Å². The maximum absolute atomic E-state index is 10.3. The molecule has 4 nitrogen and oxygen atoms in total. The molecule has 1 unspecified atom stereocenters. The number of allylic oxidation sites excluding steroid dienone is 5. The summed E-state index contributed by atoms with van der Waals surface area (Å²) in [5.74, 6) is 0.283. The fourth-order valence-electron chi connectivity index (χ4n) is 2.19. The number of aliphatic imine (C=N–C) groups is 1. The van der Waals surface area contributed by atoms with Gasteiger partial charge in [-0.2, -0.15) is 13.5 Å². The molecule has 1 heterocycles. The lowest BCUT2D eigenvalue weighted by Gasteiger charge is -2.13. The Morgan fingerprint density at radius 3 is 2.79 bits per heavy atom. The van der Waals surface area contributed by atoms with Gasteiger partial charge >= 0.3 is 0 Å². The van der Waals surface area contributed by atoms with E-state index < -0.39 is 6.04 Å². The fraction of sp³-hybridized carbons (Fsp3) is 0.222. The van der Waals surface area contributed by atoms with E-state index in [1.807, 2.05) is 38.2 Å². The van der Waals surface area contributed by atoms with Crippen LogP contribution in [0.1, 0.15) is 29.2 Å². The third-order valence-corrected chi connectivity index (χ3v) is 4.50. The van der Waals surface area contributed by atoms with Gasteiger partial charge in [-0.25, -0.2) is 0 Å². The molecule has 3 rings (SSSR count). The molecular weight excluding hydrogens is 338 g/mol. The van der Waals surface area contributed by atoms with Crippen LogP contribution < -0.4 is 5.73 Å². The van der Waals surface area contributed by atoms with Crippen LogP contribution in [0.15, 0.2) is 47.1 Å². The second kappa shape index (κ2) is 9.42. The van der Waals surface area contributed by atoms with Crippen LogP contribution in [0.3, 0.4) is 0 Å². The maximum atomic E-state index is 10.3. The minimum absolute atomic E-state index is 0. The van der Waals surface area contributed by atoms with E-state index in [1.54, 1.807) is 24.4 Å². The second-order valence-electron chi connectivity index (χ2n) is 4.79. The summed E-state index contributed by atoms with van der Waals surface area (Å²) >= 11 is 1.50. The molecule has 0 radical (unpaired) electrons. The van der Waals surface area contributed by atoms with Crippen molar-refractivity contribution in [2.45, 2.75) is 26.3 Å². The van der Waals surface area contributed by atoms with Crippen molar-refractivity contribution < 1.29 is 5.11 Å². The minimum atomic E-state index is -0.506. The number of hydrogen-bond acceptors (Lipinski definition) is 5. The number of fused-ring (bicyclic) bond motifs is 1. The predicted molar refractivity (Wildman–Crippen MR) is 110 cm³/mol. The highest BCUT2D eigenvalue weighted by molar-refractivity contribution is 7.59. The zero-order valence-corrected chi connectivity index (χ0v) is 15.6. The van der Waals surface area contributed by atoms with E-state index in [4.69, 9.17) is 11.1 Å². The zero-order valence-electron chi connectivity index (χ0n) is 13.8. The number of aromatic hydroxyl groups is 1. The molecule has 128 valence electrons. The molecule has 4 N–H and O–H groups in total. The second-order valence-corrected chi connectivity index (χ2v) is 5.87. The lowest BCUT2D eigenvalue weighted by Crippen LogP contribution is -2.31. The lowest BCUT2D eigenvalue weighted by molar-refractivity contribution is 0.472. The quantitative estimate of drug-likeness (QED) is 0.697. The van der Waals surface area contributed by atoms with Crippen molar-refractivity contribution in [2.24, 2.45) is 10.7 Å². The van der Waals surface area contributed by atoms with E-state index in [-0.39, 0.29) is 19.2 Å². The monoisotopic (exact) mass is 361 g/mol. The summed E-state index contributed by atoms with van der Waals surface area (Å²) in [4.78, 5) is 6.11. The Morgan fingerprint density at radius 2 is 2.04 bits per heavy atom. The third-order valence-electron chi connectivity index (χ3n) is 3.38. The molecule has 0 aliphatic heterocycles. The van der Waals surface area contributed by atoms with Gasteiger partial charge in [0.1, 0.15) is 5.75 Å². The normalized spacial score (nSPS) is 18.4. The lowest BCUT2D eigenvalue weighted by atomic mass is 10.0. The fourth-order valence-corrected chi connectivity index (χ4v) is 3.21. The molecule has 24 heavy (non-hydrogen) atoms. The molecular formula is C18H23N3OS2. The zero-order chi connectivity index (χ0) is 16.8. The highest BCUT2D eigenvalue weighted by atomic mass is 32.1. The number of nitrogens with one attached hydrogen (secondary N) is 1. The number of nitrogens with zero attached hydrogens (tertiary/aromatic N) is 1. The van der Waals surface area contributed by atoms with E-state index in [2.05, 4.69) is 4.99 Å². The Balaban J connectivity index is 0.000000925. The van der Waals surface area contributed by atoms with Crippen LogP contribution in [0, 0.1) is 5.41 Å². The maximum Gasteiger partial charge on any atom is 0.139 e. The molecule has 2 aliphatic carbocycles. The molecule has 2 aliphatic rings. The van der Waals surface area contributed by atoms with E-state index in [9.17, 15) is 5.11 Å². The van der Waals surface area contributed by atoms with Crippen LogP contribution in [0.4, 0.5) is 0 Å². The van der Waals surface area contributed by atoms with Gasteiger partial charge in [0.2, 0.25) is 0 Å². The first-order valence-electron chi connectivity index (χ1n) is 7.61. The van der Waals surface area contributed by atoms with Crippen molar-refractivity contribution in [3.63, 3.8) is 0 Å². The Morgan fingerprint density at radius 1 is 1.29 bits per heavy atom. The van der Waals surface area contributed by atoms with Gasteiger partial charge in [-0.1, -0.05) is 38.2 Å². The molecule has 6 heteroatoms. The van der Waals surface area contributed by atoms with Gasteiger partial charge in [0.15, 0.2) is 0 Å². The summed E-state index contributed by atoms with van der Waals surface area (Å²) in [6.07, 6.45) is 15.5. The predicted octanol–water partition coefficient (Wildman–Crippen LogP) is 3.94. The molecule has 0 bridgehead atoms. The van der Waals surface area contributed by atoms with E-state index in [0.717, 1.165) is 10.4 Å². The molecule has 0 saturated carbocycles. The van der Waals surface area contributed by atoms with Crippen molar-refractivity contribution in [3.8, 4) is 5.75 Å². The molecule has 0 fully saturated rings. The summed E-state index contributed by atoms with van der Waals surface area (Å²) in [6, 6.07) is -0.506. The highest BCUT2D eigenvalue weighted by Gasteiger charge is 2.17. The number of thiophene rings is 1. The van der Waals surface area contributed by atoms with Crippen LogP contribution in [-0.2, 0) is 6.42 Å². The van der Waals surface area contributed by atoms with Gasteiger partial charge in [-0.05, 0) is 24.6 Å². The SMILES string of the molecule is CC.N=C1C=CC=C(N=Cc2sc3c(c2O)CC=CC=C3)C1N.S. The number of hydrogen-bond donors (Lipinski definition) is 3. The molecule has 1 aromatic heterocycles. The first-order valence-corrected chi connectivity index (χ1v) is 8.42. The van der Waals surface area contributed by atoms with E-state index in [0.29, 0.717) is 22.7 Å². The summed E-state index contributed by atoms with van der Waals surface area (Å²) in [7, 11) is 0. The van der Waals surface area contributed by atoms with Gasteiger partial charge in [0, 0.05) is 16.7 Å². The van der Waals surface area contributed by atoms with Crippen LogP contribution in [-0.4, -0.2) is 23.1 Å². The van der Waals surface area contributed by atoms with Gasteiger partial charge in [-0.3, -0.25) is 4.99 Å². The van der Waals surface area contributed by atoms with E-state index >= 15 is 0 Å².